The summed E-state index contributed by atoms with van der Waals surface area (Å²) in [6, 6.07) is 0. The van der Waals surface area contributed by atoms with Crippen LogP contribution >= 0.6 is 0 Å². The normalized spacial score (nSPS) is 12.7. The van der Waals surface area contributed by atoms with Gasteiger partial charge in [0.15, 0.2) is 5.25 Å². The Bertz CT molecular complexity index is 294. The molecule has 0 aliphatic rings. The van der Waals surface area contributed by atoms with E-state index < -0.39 is 33.7 Å². The van der Waals surface area contributed by atoms with Crippen LogP contribution in [0, 0.1) is 0 Å². The average Bonchev–Trinajstić information content (AvgIpc) is 1.79. The molecule has 1 unspecified atom stereocenters. The predicted molar refractivity (Wildman–Crippen MR) is 32.6 cm³/mol. The number of carbonyl (C=O) groups is 2. The van der Waals surface area contributed by atoms with Gasteiger partial charge in [0.05, 0.1) is 0 Å². The molecule has 0 bridgehead atoms. The third-order valence-corrected chi connectivity index (χ3v) is 2.07. The summed E-state index contributed by atoms with van der Waals surface area (Å²) in [5.41, 5.74) is 0. The fourth-order valence-corrected chi connectivity index (χ4v) is 1.07. The number of hydrogen-bond donors (Lipinski definition) is 2. The van der Waals surface area contributed by atoms with Crippen LogP contribution in [0.3, 0.4) is 0 Å². The zero-order chi connectivity index (χ0) is 9.94. The molecule has 0 aliphatic heterocycles. The van der Waals surface area contributed by atoms with Crippen LogP contribution in [0.1, 0.15) is 6.42 Å². The Morgan fingerprint density at radius 1 is 1.38 bits per heavy atom. The van der Waals surface area contributed by atoms with Crippen molar-refractivity contribution in [2.45, 2.75) is 11.7 Å². The van der Waals surface area contributed by atoms with Crippen LogP contribution in [0.15, 0.2) is 0 Å². The third kappa shape index (κ3) is 6.54. The Hall–Kier alpha value is 0.486. The van der Waals surface area contributed by atoms with Crippen LogP contribution in [0.25, 0.3) is 0 Å². The topological polar surface area (TPSA) is 132 Å². The molecule has 1 atom stereocenters. The first kappa shape index (κ1) is 15.9. The van der Waals surface area contributed by atoms with E-state index in [4.69, 9.17) is 9.66 Å². The largest absolute Gasteiger partial charge is 1.00 e. The van der Waals surface area contributed by atoms with E-state index in [-0.39, 0.29) is 51.4 Å². The fraction of sp³-hybridized carbons (Fsp3) is 0.500. The van der Waals surface area contributed by atoms with Gasteiger partial charge in [0.2, 0.25) is 0 Å². The van der Waals surface area contributed by atoms with E-state index >= 15 is 0 Å². The van der Waals surface area contributed by atoms with Gasteiger partial charge in [-0.1, -0.05) is 0 Å². The van der Waals surface area contributed by atoms with Crippen molar-refractivity contribution < 1.29 is 84.2 Å². The molecule has 0 saturated carbocycles. The molecule has 7 nitrogen and oxygen atoms in total. The summed E-state index contributed by atoms with van der Waals surface area (Å²) < 4.78 is 28.6. The monoisotopic (exact) mass is 236 g/mol. The van der Waals surface area contributed by atoms with Crippen LogP contribution in [-0.2, 0) is 19.7 Å². The molecule has 0 saturated heterocycles. The summed E-state index contributed by atoms with van der Waals surface area (Å²) in [4.78, 5) is 19.9. The van der Waals surface area contributed by atoms with Gasteiger partial charge < -0.3 is 15.0 Å². The summed E-state index contributed by atoms with van der Waals surface area (Å²) in [5, 5.41) is 15.6. The van der Waals surface area contributed by atoms with Crippen molar-refractivity contribution in [2.75, 3.05) is 0 Å². The second-order valence-electron chi connectivity index (χ2n) is 1.92. The summed E-state index contributed by atoms with van der Waals surface area (Å²) in [5.74, 6) is -3.79. The van der Waals surface area contributed by atoms with Crippen molar-refractivity contribution in [3.05, 3.63) is 0 Å². The van der Waals surface area contributed by atoms with E-state index in [1.54, 1.807) is 0 Å². The van der Waals surface area contributed by atoms with Crippen molar-refractivity contribution >= 4 is 22.1 Å². The van der Waals surface area contributed by atoms with E-state index in [9.17, 15) is 23.1 Å². The van der Waals surface area contributed by atoms with E-state index in [1.165, 1.54) is 0 Å². The fourth-order valence-electron chi connectivity index (χ4n) is 0.471. The van der Waals surface area contributed by atoms with Crippen LogP contribution in [-0.4, -0.2) is 35.3 Å². The Morgan fingerprint density at radius 2 is 1.77 bits per heavy atom. The molecule has 0 fully saturated rings. The van der Waals surface area contributed by atoms with Gasteiger partial charge in [-0.25, -0.2) is 0 Å². The maximum atomic E-state index is 10.2. The molecule has 0 aromatic carbocycles. The average molecular weight is 236 g/mol. The van der Waals surface area contributed by atoms with Crippen LogP contribution < -0.4 is 56.5 Å². The molecule has 0 heterocycles. The van der Waals surface area contributed by atoms with Gasteiger partial charge in [0.1, 0.15) is 0 Å². The van der Waals surface area contributed by atoms with E-state index in [1.807, 2.05) is 0 Å². The Balaban J connectivity index is 0. The van der Waals surface area contributed by atoms with Crippen LogP contribution in [0.2, 0.25) is 0 Å². The van der Waals surface area contributed by atoms with Crippen LogP contribution in [0.5, 0.6) is 0 Å². The molecule has 2 N–H and O–H groups in total. The summed E-state index contributed by atoms with van der Waals surface area (Å²) >= 11 is 0. The molecule has 0 amide bonds. The van der Waals surface area contributed by atoms with Gasteiger partial charge in [0.25, 0.3) is 10.1 Å². The predicted octanol–water partition coefficient (Wildman–Crippen LogP) is -5.53. The van der Waals surface area contributed by atoms with Gasteiger partial charge in [-0.3, -0.25) is 9.35 Å². The Labute approximate surface area is 116 Å². The first-order chi connectivity index (χ1) is 5.25. The van der Waals surface area contributed by atoms with Crippen molar-refractivity contribution in [3.8, 4) is 0 Å². The number of hydrogen-bond acceptors (Lipinski definition) is 5. The zero-order valence-electron chi connectivity index (χ0n) is 6.63. The van der Waals surface area contributed by atoms with Crippen molar-refractivity contribution in [1.29, 1.82) is 0 Å². The second kappa shape index (κ2) is 6.06. The molecule has 9 heteroatoms. The molecule has 0 radical (unpaired) electrons. The van der Waals surface area contributed by atoms with Gasteiger partial charge in [0, 0.05) is 12.4 Å². The maximum absolute atomic E-state index is 10.2. The minimum Gasteiger partial charge on any atom is -0.550 e. The molecule has 0 rings (SSSR count). The van der Waals surface area contributed by atoms with E-state index in [0.29, 0.717) is 0 Å². The van der Waals surface area contributed by atoms with Gasteiger partial charge in [-0.15, -0.1) is 0 Å². The minimum atomic E-state index is -4.88. The van der Waals surface area contributed by atoms with Crippen LogP contribution in [0.4, 0.5) is 0 Å². The minimum absolute atomic E-state index is 0. The summed E-state index contributed by atoms with van der Waals surface area (Å²) in [6.45, 7) is 0. The standard InChI is InChI=1S/C4H6O7S.K/c5-3(6)1-2(4(7)8)12(9,10)11;/h2H,1H2,(H,5,6)(H,7,8)(H,9,10,11);/q;+1/p-1. The van der Waals surface area contributed by atoms with E-state index in [0.717, 1.165) is 0 Å². The third-order valence-electron chi connectivity index (χ3n) is 0.987. The van der Waals surface area contributed by atoms with Gasteiger partial charge in [-0.2, -0.15) is 8.42 Å². The molecular weight excluding hydrogens is 231 g/mol. The molecule has 0 aromatic rings. The molecule has 0 aromatic heterocycles. The SMILES string of the molecule is O=C([O-])CC(C(=O)O)S(=O)(=O)O.[K+]. The van der Waals surface area contributed by atoms with Crippen molar-refractivity contribution in [2.24, 2.45) is 0 Å². The van der Waals surface area contributed by atoms with Gasteiger partial charge >= 0.3 is 57.4 Å². The number of carboxylic acid groups (broad SMARTS) is 2. The first-order valence-corrected chi connectivity index (χ1v) is 4.14. The number of carbonyl (C=O) groups excluding carboxylic acids is 1. The summed E-state index contributed by atoms with van der Waals surface area (Å²) in [7, 11) is -4.88. The van der Waals surface area contributed by atoms with Crippen molar-refractivity contribution in [3.63, 3.8) is 0 Å². The molecule has 70 valence electrons. The second-order valence-corrected chi connectivity index (χ2v) is 3.52. The Morgan fingerprint density at radius 3 is 1.85 bits per heavy atom. The quantitative estimate of drug-likeness (QED) is 0.367. The molecule has 0 spiro atoms. The molecular formula is C4H5KO7S. The smallest absolute Gasteiger partial charge is 0.550 e. The number of carboxylic acids is 2. The van der Waals surface area contributed by atoms with E-state index in [2.05, 4.69) is 0 Å². The number of aliphatic carboxylic acids is 2. The summed E-state index contributed by atoms with van der Waals surface area (Å²) in [6.07, 6.45) is -1.27. The zero-order valence-corrected chi connectivity index (χ0v) is 10.6. The molecule has 0 aliphatic carbocycles. The van der Waals surface area contributed by atoms with Gasteiger partial charge in [-0.05, 0) is 0 Å². The molecule has 13 heavy (non-hydrogen) atoms. The first-order valence-electron chi connectivity index (χ1n) is 2.64. The number of rotatable bonds is 4. The van der Waals surface area contributed by atoms with Crippen molar-refractivity contribution in [1.82, 2.24) is 0 Å². The maximum Gasteiger partial charge on any atom is 1.00 e. The Kier molecular flexibility index (Phi) is 7.43.